The van der Waals surface area contributed by atoms with Crippen LogP contribution in [0.25, 0.3) is 0 Å². The number of nitrogen functional groups attached to an aromatic ring is 1. The predicted molar refractivity (Wildman–Crippen MR) is 70.1 cm³/mol. The fourth-order valence-electron chi connectivity index (χ4n) is 1.97. The number of aromatic nitrogens is 5. The number of rotatable bonds is 3. The summed E-state index contributed by atoms with van der Waals surface area (Å²) in [4.78, 5) is 5.70. The number of pyridine rings is 1. The minimum Gasteiger partial charge on any atom is -0.399 e. The van der Waals surface area contributed by atoms with Gasteiger partial charge < -0.3 is 5.73 Å². The van der Waals surface area contributed by atoms with Gasteiger partial charge in [0.1, 0.15) is 6.04 Å². The number of hydrogen-bond acceptors (Lipinski definition) is 5. The zero-order chi connectivity index (χ0) is 13.1. The molecule has 3 aromatic rings. The molecule has 0 radical (unpaired) electrons. The third-order valence-electron chi connectivity index (χ3n) is 2.85. The first-order valence-electron chi connectivity index (χ1n) is 5.82. The van der Waals surface area contributed by atoms with Crippen LogP contribution in [0.15, 0.2) is 55.1 Å². The maximum Gasteiger partial charge on any atom is 0.162 e. The number of nitrogens with zero attached hydrogens (tertiary/aromatic N) is 5. The van der Waals surface area contributed by atoms with E-state index in [1.165, 1.54) is 6.33 Å². The van der Waals surface area contributed by atoms with Crippen LogP contribution in [-0.4, -0.2) is 25.2 Å². The molecule has 0 aliphatic rings. The summed E-state index contributed by atoms with van der Waals surface area (Å²) in [5.74, 6) is 0. The van der Waals surface area contributed by atoms with Crippen molar-refractivity contribution < 1.29 is 0 Å². The van der Waals surface area contributed by atoms with Gasteiger partial charge in [-0.05, 0) is 29.0 Å². The Morgan fingerprint density at radius 2 is 1.89 bits per heavy atom. The number of nitrogens with two attached hydrogens (primary N) is 1. The van der Waals surface area contributed by atoms with Crippen molar-refractivity contribution in [2.24, 2.45) is 0 Å². The molecule has 0 bridgehead atoms. The number of benzene rings is 1. The van der Waals surface area contributed by atoms with Crippen LogP contribution in [0.5, 0.6) is 0 Å². The second-order valence-corrected chi connectivity index (χ2v) is 4.11. The minimum atomic E-state index is -0.156. The SMILES string of the molecule is Nc1ccc(C(c2cccnc2)n2ncnn2)cc1. The normalized spacial score (nSPS) is 12.2. The molecule has 6 heteroatoms. The Bertz CT molecular complexity index is 633. The lowest BCUT2D eigenvalue weighted by atomic mass is 10.0. The average Bonchev–Trinajstić information content (AvgIpc) is 2.96. The van der Waals surface area contributed by atoms with Crippen LogP contribution in [0, 0.1) is 0 Å². The second-order valence-electron chi connectivity index (χ2n) is 4.11. The molecule has 1 unspecified atom stereocenters. The van der Waals surface area contributed by atoms with Crippen LogP contribution in [0.1, 0.15) is 17.2 Å². The smallest absolute Gasteiger partial charge is 0.162 e. The number of tetrazole rings is 1. The number of anilines is 1. The van der Waals surface area contributed by atoms with E-state index in [4.69, 9.17) is 5.73 Å². The van der Waals surface area contributed by atoms with E-state index in [9.17, 15) is 0 Å². The van der Waals surface area contributed by atoms with Gasteiger partial charge in [-0.15, -0.1) is 10.2 Å². The summed E-state index contributed by atoms with van der Waals surface area (Å²) in [7, 11) is 0. The van der Waals surface area contributed by atoms with Crippen LogP contribution in [0.2, 0.25) is 0 Å². The highest BCUT2D eigenvalue weighted by Gasteiger charge is 2.18. The van der Waals surface area contributed by atoms with Gasteiger partial charge in [-0.1, -0.05) is 18.2 Å². The summed E-state index contributed by atoms with van der Waals surface area (Å²) in [5.41, 5.74) is 8.46. The van der Waals surface area contributed by atoms with Gasteiger partial charge >= 0.3 is 0 Å². The molecule has 2 heterocycles. The molecule has 2 aromatic heterocycles. The molecule has 0 spiro atoms. The summed E-state index contributed by atoms with van der Waals surface area (Å²) in [6.45, 7) is 0. The predicted octanol–water partition coefficient (Wildman–Crippen LogP) is 1.29. The molecule has 0 saturated carbocycles. The standard InChI is InChI=1S/C13H12N6/c14-12-5-3-10(4-6-12)13(19-17-9-16-18-19)11-2-1-7-15-8-11/h1-9,13H,14H2. The van der Waals surface area contributed by atoms with Gasteiger partial charge in [0.2, 0.25) is 0 Å². The van der Waals surface area contributed by atoms with E-state index in [0.29, 0.717) is 0 Å². The van der Waals surface area contributed by atoms with Crippen molar-refractivity contribution in [2.75, 3.05) is 5.73 Å². The maximum absolute atomic E-state index is 5.72. The fraction of sp³-hybridized carbons (Fsp3) is 0.0769. The molecule has 19 heavy (non-hydrogen) atoms. The molecule has 0 fully saturated rings. The lowest BCUT2D eigenvalue weighted by Gasteiger charge is -2.16. The zero-order valence-corrected chi connectivity index (χ0v) is 10.1. The molecule has 94 valence electrons. The van der Waals surface area contributed by atoms with Crippen LogP contribution < -0.4 is 5.73 Å². The molecule has 0 aliphatic carbocycles. The lowest BCUT2D eigenvalue weighted by Crippen LogP contribution is -2.15. The Morgan fingerprint density at radius 1 is 1.05 bits per heavy atom. The average molecular weight is 252 g/mol. The summed E-state index contributed by atoms with van der Waals surface area (Å²) < 4.78 is 0. The van der Waals surface area contributed by atoms with Crippen LogP contribution in [0.3, 0.4) is 0 Å². The van der Waals surface area contributed by atoms with Crippen molar-refractivity contribution in [2.45, 2.75) is 6.04 Å². The highest BCUT2D eigenvalue weighted by Crippen LogP contribution is 2.24. The molecular weight excluding hydrogens is 240 g/mol. The van der Waals surface area contributed by atoms with Crippen LogP contribution >= 0.6 is 0 Å². The molecule has 1 aromatic carbocycles. The summed E-state index contributed by atoms with van der Waals surface area (Å²) in [6, 6.07) is 11.3. The lowest BCUT2D eigenvalue weighted by molar-refractivity contribution is 0.503. The molecule has 1 atom stereocenters. The third kappa shape index (κ3) is 2.28. The van der Waals surface area contributed by atoms with Gasteiger partial charge in [0.25, 0.3) is 0 Å². The summed E-state index contributed by atoms with van der Waals surface area (Å²) in [5, 5.41) is 11.9. The van der Waals surface area contributed by atoms with Gasteiger partial charge in [-0.2, -0.15) is 4.80 Å². The first kappa shape index (κ1) is 11.3. The Morgan fingerprint density at radius 3 is 2.53 bits per heavy atom. The molecule has 2 N–H and O–H groups in total. The molecule has 0 saturated heterocycles. The Balaban J connectivity index is 2.10. The fourth-order valence-corrected chi connectivity index (χ4v) is 1.97. The van der Waals surface area contributed by atoms with Crippen molar-refractivity contribution in [3.05, 3.63) is 66.2 Å². The Hall–Kier alpha value is -2.76. The van der Waals surface area contributed by atoms with Gasteiger partial charge in [0, 0.05) is 23.6 Å². The topological polar surface area (TPSA) is 82.5 Å². The quantitative estimate of drug-likeness (QED) is 0.710. The highest BCUT2D eigenvalue weighted by atomic mass is 15.6. The largest absolute Gasteiger partial charge is 0.399 e. The van der Waals surface area contributed by atoms with Crippen molar-refractivity contribution in [1.82, 2.24) is 25.2 Å². The van der Waals surface area contributed by atoms with Crippen molar-refractivity contribution in [3.63, 3.8) is 0 Å². The van der Waals surface area contributed by atoms with Crippen molar-refractivity contribution >= 4 is 5.69 Å². The van der Waals surface area contributed by atoms with E-state index < -0.39 is 0 Å². The van der Waals surface area contributed by atoms with Gasteiger partial charge in [0.05, 0.1) is 0 Å². The number of hydrogen-bond donors (Lipinski definition) is 1. The molecule has 0 amide bonds. The Kier molecular flexibility index (Phi) is 2.89. The van der Waals surface area contributed by atoms with Crippen molar-refractivity contribution in [3.8, 4) is 0 Å². The van der Waals surface area contributed by atoms with Gasteiger partial charge in [-0.3, -0.25) is 4.98 Å². The van der Waals surface area contributed by atoms with E-state index in [0.717, 1.165) is 16.8 Å². The maximum atomic E-state index is 5.72. The Labute approximate surface area is 109 Å². The highest BCUT2D eigenvalue weighted by molar-refractivity contribution is 5.42. The molecular formula is C13H12N6. The zero-order valence-electron chi connectivity index (χ0n) is 10.1. The van der Waals surface area contributed by atoms with Crippen LogP contribution in [-0.2, 0) is 0 Å². The van der Waals surface area contributed by atoms with Crippen LogP contribution in [0.4, 0.5) is 5.69 Å². The first-order valence-corrected chi connectivity index (χ1v) is 5.82. The summed E-state index contributed by atoms with van der Waals surface area (Å²) in [6.07, 6.45) is 4.95. The first-order chi connectivity index (χ1) is 9.34. The molecule has 0 aliphatic heterocycles. The molecule has 6 nitrogen and oxygen atoms in total. The second kappa shape index (κ2) is 4.85. The molecule has 3 rings (SSSR count). The monoisotopic (exact) mass is 252 g/mol. The van der Waals surface area contributed by atoms with E-state index in [1.807, 2.05) is 36.4 Å². The van der Waals surface area contributed by atoms with E-state index in [2.05, 4.69) is 20.4 Å². The van der Waals surface area contributed by atoms with Gasteiger partial charge in [-0.25, -0.2) is 0 Å². The summed E-state index contributed by atoms with van der Waals surface area (Å²) >= 11 is 0. The van der Waals surface area contributed by atoms with Gasteiger partial charge in [0.15, 0.2) is 6.33 Å². The van der Waals surface area contributed by atoms with E-state index in [-0.39, 0.29) is 6.04 Å². The van der Waals surface area contributed by atoms with Crippen molar-refractivity contribution in [1.29, 1.82) is 0 Å². The van der Waals surface area contributed by atoms with E-state index in [1.54, 1.807) is 17.2 Å². The third-order valence-corrected chi connectivity index (χ3v) is 2.85. The van der Waals surface area contributed by atoms with E-state index >= 15 is 0 Å². The minimum absolute atomic E-state index is 0.156.